The predicted octanol–water partition coefficient (Wildman–Crippen LogP) is 8.37. The van der Waals surface area contributed by atoms with Crippen LogP contribution in [0.5, 0.6) is 0 Å². The lowest BCUT2D eigenvalue weighted by molar-refractivity contribution is 0.423. The largest absolute Gasteiger partial charge is 0.370 e. The summed E-state index contributed by atoms with van der Waals surface area (Å²) in [6.45, 7) is 8.85. The van der Waals surface area contributed by atoms with Crippen molar-refractivity contribution < 1.29 is 16.8 Å². The summed E-state index contributed by atoms with van der Waals surface area (Å²) in [5.41, 5.74) is 15.0. The van der Waals surface area contributed by atoms with Crippen LogP contribution in [0.3, 0.4) is 0 Å². The molecule has 288 valence electrons. The molecule has 0 radical (unpaired) electrons. The Morgan fingerprint density at radius 3 is 1.47 bits per heavy atom. The Morgan fingerprint density at radius 2 is 1.04 bits per heavy atom. The van der Waals surface area contributed by atoms with E-state index in [1.54, 1.807) is 25.1 Å². The molecule has 0 aliphatic rings. The number of sulfonamides is 2. The van der Waals surface area contributed by atoms with Gasteiger partial charge in [-0.15, -0.1) is 0 Å². The normalized spacial score (nSPS) is 11.9. The molecule has 4 aromatic carbocycles. The number of guanidine groups is 1. The van der Waals surface area contributed by atoms with Gasteiger partial charge in [0.2, 0.25) is 20.0 Å². The Bertz CT molecular complexity index is 2590. The van der Waals surface area contributed by atoms with Gasteiger partial charge >= 0.3 is 0 Å². The van der Waals surface area contributed by atoms with Gasteiger partial charge in [0.1, 0.15) is 5.15 Å². The second-order valence-corrected chi connectivity index (χ2v) is 17.7. The maximum atomic E-state index is 13.3. The minimum absolute atomic E-state index is 0.120. The van der Waals surface area contributed by atoms with Crippen LogP contribution in [0.15, 0.2) is 112 Å². The van der Waals surface area contributed by atoms with Crippen LogP contribution in [0.1, 0.15) is 36.1 Å². The highest BCUT2D eigenvalue weighted by atomic mass is 35.5. The molecule has 55 heavy (non-hydrogen) atoms. The van der Waals surface area contributed by atoms with Gasteiger partial charge in [0.05, 0.1) is 19.8 Å². The van der Waals surface area contributed by atoms with E-state index in [1.165, 1.54) is 39.2 Å². The number of aliphatic imine (C=N–C) groups is 1. The van der Waals surface area contributed by atoms with Gasteiger partial charge in [-0.25, -0.2) is 26.8 Å². The van der Waals surface area contributed by atoms with E-state index in [0.717, 1.165) is 22.3 Å². The number of aromatic nitrogens is 2. The first kappa shape index (κ1) is 41.8. The smallest absolute Gasteiger partial charge is 0.243 e. The van der Waals surface area contributed by atoms with Crippen LogP contribution in [-0.4, -0.2) is 54.5 Å². The van der Waals surface area contributed by atoms with Crippen LogP contribution < -0.4 is 11.5 Å². The predicted molar refractivity (Wildman–Crippen MR) is 223 cm³/mol. The SMILES string of the molecule is CCN(Cc1ccc(C)cc1)S(=O)(=O)c1ccc2c(Cl)cnc(Cl)c2c1.CCN(Cc1ccc(C)cc1)S(=O)(=O)c1ccc2c(Cl)cnc(N=C(N)N)c2c1. The minimum atomic E-state index is -3.76. The fourth-order valence-corrected chi connectivity index (χ4v) is 9.25. The molecule has 0 saturated heterocycles. The lowest BCUT2D eigenvalue weighted by Crippen LogP contribution is -2.30. The average Bonchev–Trinajstić information content (AvgIpc) is 3.16. The first-order chi connectivity index (χ1) is 26.0. The molecular weight excluding hydrogens is 801 g/mol. The standard InChI is InChI=1S/C20H22ClN5O2S.C19H18Cl2N2O2S/c1-3-26(12-14-6-4-13(2)5-7-14)29(27,28)15-8-9-16-17(10-15)19(25-20(22)23)24-11-18(16)21;1-3-23(12-14-6-4-13(2)5-7-14)26(24,25)15-8-9-16-17(10-15)19(21)22-11-18(16)20/h4-11H,3,12H2,1-2H3,(H4,22,23,24,25);4-11H,3,12H2,1-2H3. The zero-order valence-electron chi connectivity index (χ0n) is 30.5. The summed E-state index contributed by atoms with van der Waals surface area (Å²) in [5.74, 6) is 0.0342. The number of benzene rings is 4. The molecule has 0 aliphatic heterocycles. The van der Waals surface area contributed by atoms with E-state index in [1.807, 2.05) is 69.3 Å². The van der Waals surface area contributed by atoms with Crippen molar-refractivity contribution in [2.24, 2.45) is 16.5 Å². The van der Waals surface area contributed by atoms with Gasteiger partial charge in [0.25, 0.3) is 0 Å². The Balaban J connectivity index is 0.000000212. The summed E-state index contributed by atoms with van der Waals surface area (Å²) in [4.78, 5) is 12.4. The monoisotopic (exact) mass is 839 g/mol. The molecule has 0 amide bonds. The number of pyridine rings is 2. The molecule has 0 saturated carbocycles. The molecule has 0 unspecified atom stereocenters. The topological polar surface area (TPSA) is 165 Å². The van der Waals surface area contributed by atoms with Crippen molar-refractivity contribution >= 4 is 88.2 Å². The molecule has 0 spiro atoms. The molecule has 4 N–H and O–H groups in total. The van der Waals surface area contributed by atoms with E-state index in [0.29, 0.717) is 51.2 Å². The molecule has 0 aliphatic carbocycles. The Kier molecular flexibility index (Phi) is 13.4. The van der Waals surface area contributed by atoms with Crippen LogP contribution in [-0.2, 0) is 33.1 Å². The fraction of sp³-hybridized carbons (Fsp3) is 0.205. The highest BCUT2D eigenvalue weighted by molar-refractivity contribution is 7.89. The summed E-state index contributed by atoms with van der Waals surface area (Å²) >= 11 is 18.5. The highest BCUT2D eigenvalue weighted by Gasteiger charge is 2.26. The molecule has 16 heteroatoms. The lowest BCUT2D eigenvalue weighted by Gasteiger charge is -2.21. The Hall–Kier alpha value is -4.34. The molecule has 0 atom stereocenters. The Morgan fingerprint density at radius 1 is 0.618 bits per heavy atom. The van der Waals surface area contributed by atoms with Crippen molar-refractivity contribution in [2.45, 2.75) is 50.6 Å². The third kappa shape index (κ3) is 9.73. The number of rotatable bonds is 11. The quantitative estimate of drug-likeness (QED) is 0.0746. The van der Waals surface area contributed by atoms with Crippen LogP contribution in [0, 0.1) is 13.8 Å². The van der Waals surface area contributed by atoms with Gasteiger partial charge in [0, 0.05) is 60.1 Å². The maximum absolute atomic E-state index is 13.3. The van der Waals surface area contributed by atoms with Crippen LogP contribution in [0.25, 0.3) is 21.5 Å². The summed E-state index contributed by atoms with van der Waals surface area (Å²) in [5, 5.41) is 3.30. The van der Waals surface area contributed by atoms with Gasteiger partial charge in [-0.05, 0) is 49.2 Å². The van der Waals surface area contributed by atoms with Gasteiger partial charge < -0.3 is 11.5 Å². The number of hydrogen-bond acceptors (Lipinski definition) is 7. The first-order valence-corrected chi connectivity index (χ1v) is 21.1. The molecule has 0 fully saturated rings. The fourth-order valence-electron chi connectivity index (χ4n) is 5.69. The van der Waals surface area contributed by atoms with E-state index >= 15 is 0 Å². The summed E-state index contributed by atoms with van der Waals surface area (Å²) in [7, 11) is -7.43. The van der Waals surface area contributed by atoms with E-state index in [4.69, 9.17) is 46.3 Å². The maximum Gasteiger partial charge on any atom is 0.243 e. The Labute approximate surface area is 336 Å². The van der Waals surface area contributed by atoms with E-state index in [9.17, 15) is 16.8 Å². The molecular formula is C39H40Cl3N7O4S2. The second kappa shape index (κ2) is 17.6. The van der Waals surface area contributed by atoms with E-state index < -0.39 is 20.0 Å². The van der Waals surface area contributed by atoms with Gasteiger partial charge in [-0.1, -0.05) is 120 Å². The van der Waals surface area contributed by atoms with Crippen molar-refractivity contribution in [1.29, 1.82) is 0 Å². The average molecular weight is 841 g/mol. The minimum Gasteiger partial charge on any atom is -0.370 e. The second-order valence-electron chi connectivity index (χ2n) is 12.6. The van der Waals surface area contributed by atoms with E-state index in [-0.39, 0.29) is 33.3 Å². The number of halogens is 3. The van der Waals surface area contributed by atoms with Crippen molar-refractivity contribution in [3.8, 4) is 0 Å². The zero-order chi connectivity index (χ0) is 40.1. The van der Waals surface area contributed by atoms with Crippen molar-refractivity contribution in [1.82, 2.24) is 18.6 Å². The van der Waals surface area contributed by atoms with Crippen molar-refractivity contribution in [3.05, 3.63) is 135 Å². The number of hydrogen-bond donors (Lipinski definition) is 2. The number of nitrogens with two attached hydrogens (primary N) is 2. The molecule has 0 bridgehead atoms. The third-order valence-corrected chi connectivity index (χ3v) is 13.5. The molecule has 2 aromatic heterocycles. The highest BCUT2D eigenvalue weighted by Crippen LogP contribution is 2.33. The van der Waals surface area contributed by atoms with Gasteiger partial charge in [0.15, 0.2) is 11.8 Å². The lowest BCUT2D eigenvalue weighted by atomic mass is 10.1. The van der Waals surface area contributed by atoms with Crippen molar-refractivity contribution in [2.75, 3.05) is 13.1 Å². The summed E-state index contributed by atoms with van der Waals surface area (Å²) in [6.07, 6.45) is 2.88. The summed E-state index contributed by atoms with van der Waals surface area (Å²) in [6, 6.07) is 25.0. The van der Waals surface area contributed by atoms with Crippen molar-refractivity contribution in [3.63, 3.8) is 0 Å². The summed E-state index contributed by atoms with van der Waals surface area (Å²) < 4.78 is 55.6. The number of nitrogens with zero attached hydrogens (tertiary/aromatic N) is 5. The van der Waals surface area contributed by atoms with E-state index in [2.05, 4.69) is 15.0 Å². The van der Waals surface area contributed by atoms with Crippen LogP contribution in [0.2, 0.25) is 15.2 Å². The molecule has 6 aromatic rings. The third-order valence-electron chi connectivity index (χ3n) is 8.73. The van der Waals surface area contributed by atoms with Gasteiger partial charge in [-0.2, -0.15) is 13.6 Å². The zero-order valence-corrected chi connectivity index (χ0v) is 34.4. The van der Waals surface area contributed by atoms with Crippen LogP contribution in [0.4, 0.5) is 5.82 Å². The number of aryl methyl sites for hydroxylation is 2. The molecule has 11 nitrogen and oxygen atoms in total. The first-order valence-electron chi connectivity index (χ1n) is 17.1. The van der Waals surface area contributed by atoms with Gasteiger partial charge in [-0.3, -0.25) is 0 Å². The molecule has 2 heterocycles. The number of fused-ring (bicyclic) bond motifs is 2. The van der Waals surface area contributed by atoms with Crippen LogP contribution >= 0.6 is 34.8 Å². The molecule has 6 rings (SSSR count).